The molecule has 27 heavy (non-hydrogen) atoms. The van der Waals surface area contributed by atoms with E-state index in [0.29, 0.717) is 31.1 Å². The van der Waals surface area contributed by atoms with Crippen LogP contribution in [0.2, 0.25) is 0 Å². The molecular weight excluding hydrogens is 356 g/mol. The van der Waals surface area contributed by atoms with Crippen molar-refractivity contribution < 1.29 is 19.3 Å². The predicted molar refractivity (Wildman–Crippen MR) is 94.7 cm³/mol. The maximum Gasteiger partial charge on any atom is 0.303 e. The Morgan fingerprint density at radius 3 is 2.44 bits per heavy atom. The smallest absolute Gasteiger partial charge is 0.303 e. The normalized spacial score (nSPS) is 14.1. The van der Waals surface area contributed by atoms with Crippen molar-refractivity contribution in [1.82, 2.24) is 0 Å². The lowest BCUT2D eigenvalue weighted by Crippen LogP contribution is -2.15. The number of rotatable bonds is 6. The second-order valence-electron chi connectivity index (χ2n) is 5.73. The molecule has 0 spiro atoms. The Morgan fingerprint density at radius 2 is 1.78 bits per heavy atom. The van der Waals surface area contributed by atoms with Gasteiger partial charge >= 0.3 is 5.69 Å². The van der Waals surface area contributed by atoms with Crippen molar-refractivity contribution in [3.63, 3.8) is 0 Å². The first-order valence-electron chi connectivity index (χ1n) is 8.23. The average Bonchev–Trinajstić information content (AvgIpc) is 2.68. The SMILES string of the molecule is CCC(N=Nc1ccc([N+](=O)[O-])cc1[N+](=O)[O-])c1ccc2c(c1)OCCO2. The summed E-state index contributed by atoms with van der Waals surface area (Å²) in [6.45, 7) is 2.86. The number of nitro groups is 2. The zero-order valence-corrected chi connectivity index (χ0v) is 14.4. The molecule has 10 heteroatoms. The molecule has 0 aromatic heterocycles. The van der Waals surface area contributed by atoms with Crippen molar-refractivity contribution in [1.29, 1.82) is 0 Å². The van der Waals surface area contributed by atoms with Gasteiger partial charge < -0.3 is 9.47 Å². The molecule has 1 aliphatic rings. The second-order valence-corrected chi connectivity index (χ2v) is 5.73. The number of non-ortho nitro benzene ring substituents is 1. The Bertz CT molecular complexity index is 914. The number of azo groups is 1. The lowest BCUT2D eigenvalue weighted by Gasteiger charge is -2.20. The lowest BCUT2D eigenvalue weighted by atomic mass is 10.0. The lowest BCUT2D eigenvalue weighted by molar-refractivity contribution is -0.393. The van der Waals surface area contributed by atoms with Crippen molar-refractivity contribution >= 4 is 17.1 Å². The molecule has 1 aliphatic heterocycles. The van der Waals surface area contributed by atoms with Crippen molar-refractivity contribution in [3.8, 4) is 11.5 Å². The highest BCUT2D eigenvalue weighted by Crippen LogP contribution is 2.36. The first kappa shape index (κ1) is 18.2. The molecule has 1 unspecified atom stereocenters. The number of nitro benzene ring substituents is 2. The van der Waals surface area contributed by atoms with Gasteiger partial charge in [0.15, 0.2) is 17.2 Å². The van der Waals surface area contributed by atoms with Crippen LogP contribution in [0.5, 0.6) is 11.5 Å². The molecule has 2 aromatic rings. The van der Waals surface area contributed by atoms with Crippen molar-refractivity contribution in [2.24, 2.45) is 10.2 Å². The summed E-state index contributed by atoms with van der Waals surface area (Å²) < 4.78 is 11.0. The zero-order chi connectivity index (χ0) is 19.4. The first-order chi connectivity index (χ1) is 13.0. The van der Waals surface area contributed by atoms with Crippen LogP contribution in [0.4, 0.5) is 17.1 Å². The quantitative estimate of drug-likeness (QED) is 0.416. The molecule has 0 aliphatic carbocycles. The monoisotopic (exact) mass is 372 g/mol. The number of ether oxygens (including phenoxy) is 2. The summed E-state index contributed by atoms with van der Waals surface area (Å²) in [7, 11) is 0. The summed E-state index contributed by atoms with van der Waals surface area (Å²) in [6, 6.07) is 8.34. The molecular formula is C17H16N4O6. The second kappa shape index (κ2) is 7.77. The van der Waals surface area contributed by atoms with Crippen LogP contribution in [-0.4, -0.2) is 23.1 Å². The molecule has 2 aromatic carbocycles. The van der Waals surface area contributed by atoms with Gasteiger partial charge in [-0.25, -0.2) is 0 Å². The van der Waals surface area contributed by atoms with Gasteiger partial charge in [0.25, 0.3) is 5.69 Å². The zero-order valence-electron chi connectivity index (χ0n) is 14.4. The third-order valence-electron chi connectivity index (χ3n) is 4.01. The molecule has 0 saturated carbocycles. The topological polar surface area (TPSA) is 129 Å². The van der Waals surface area contributed by atoms with Crippen LogP contribution in [0.1, 0.15) is 24.9 Å². The van der Waals surface area contributed by atoms with E-state index in [1.807, 2.05) is 19.1 Å². The molecule has 0 amide bonds. The fourth-order valence-corrected chi connectivity index (χ4v) is 2.64. The van der Waals surface area contributed by atoms with Gasteiger partial charge in [-0.2, -0.15) is 5.11 Å². The number of hydrogen-bond acceptors (Lipinski definition) is 8. The minimum atomic E-state index is -0.716. The highest BCUT2D eigenvalue weighted by atomic mass is 16.6. The van der Waals surface area contributed by atoms with Gasteiger partial charge in [0, 0.05) is 6.07 Å². The number of hydrogen-bond donors (Lipinski definition) is 0. The summed E-state index contributed by atoms with van der Waals surface area (Å²) in [5.41, 5.74) is -0.0545. The van der Waals surface area contributed by atoms with E-state index in [4.69, 9.17) is 9.47 Å². The average molecular weight is 372 g/mol. The van der Waals surface area contributed by atoms with E-state index in [1.54, 1.807) is 6.07 Å². The number of nitrogens with zero attached hydrogens (tertiary/aromatic N) is 4. The highest BCUT2D eigenvalue weighted by molar-refractivity contribution is 5.61. The molecule has 0 radical (unpaired) electrons. The minimum Gasteiger partial charge on any atom is -0.486 e. The van der Waals surface area contributed by atoms with Gasteiger partial charge in [-0.15, -0.1) is 5.11 Å². The van der Waals surface area contributed by atoms with Crippen molar-refractivity contribution in [3.05, 3.63) is 62.2 Å². The van der Waals surface area contributed by atoms with Gasteiger partial charge in [-0.3, -0.25) is 20.2 Å². The molecule has 1 heterocycles. The highest BCUT2D eigenvalue weighted by Gasteiger charge is 2.20. The van der Waals surface area contributed by atoms with Crippen molar-refractivity contribution in [2.45, 2.75) is 19.4 Å². The van der Waals surface area contributed by atoms with Gasteiger partial charge in [-0.1, -0.05) is 13.0 Å². The maximum absolute atomic E-state index is 11.2. The van der Waals surface area contributed by atoms with Gasteiger partial charge in [-0.05, 0) is 30.2 Å². The fourth-order valence-electron chi connectivity index (χ4n) is 2.64. The standard InChI is InChI=1S/C17H16N4O6/c1-2-13(11-3-6-16-17(9-11)27-8-7-26-16)18-19-14-5-4-12(20(22)23)10-15(14)21(24)25/h3-6,9-10,13H,2,7-8H2,1H3. The van der Waals surface area contributed by atoms with Crippen LogP contribution in [-0.2, 0) is 0 Å². The summed E-state index contributed by atoms with van der Waals surface area (Å²) >= 11 is 0. The molecule has 140 valence electrons. The van der Waals surface area contributed by atoms with Crippen LogP contribution in [0.15, 0.2) is 46.6 Å². The Kier molecular flexibility index (Phi) is 5.25. The van der Waals surface area contributed by atoms with Crippen molar-refractivity contribution in [2.75, 3.05) is 13.2 Å². The fraction of sp³-hybridized carbons (Fsp3) is 0.294. The molecule has 10 nitrogen and oxygen atoms in total. The van der Waals surface area contributed by atoms with Gasteiger partial charge in [0.1, 0.15) is 13.2 Å². The molecule has 0 saturated heterocycles. The molecule has 0 N–H and O–H groups in total. The van der Waals surface area contributed by atoms with E-state index in [-0.39, 0.29) is 17.4 Å². The first-order valence-corrected chi connectivity index (χ1v) is 8.23. The van der Waals surface area contributed by atoms with E-state index in [1.165, 1.54) is 6.07 Å². The van der Waals surface area contributed by atoms with Crippen LogP contribution in [0, 0.1) is 20.2 Å². The summed E-state index contributed by atoms with van der Waals surface area (Å²) in [5.74, 6) is 1.27. The number of benzene rings is 2. The molecule has 3 rings (SSSR count). The van der Waals surface area contributed by atoms with E-state index < -0.39 is 15.5 Å². The van der Waals surface area contributed by atoms with E-state index in [0.717, 1.165) is 17.7 Å². The van der Waals surface area contributed by atoms with Crippen LogP contribution in [0.3, 0.4) is 0 Å². The molecule has 1 atom stereocenters. The number of fused-ring (bicyclic) bond motifs is 1. The molecule has 0 bridgehead atoms. The van der Waals surface area contributed by atoms with Crippen LogP contribution < -0.4 is 9.47 Å². The van der Waals surface area contributed by atoms with E-state index >= 15 is 0 Å². The van der Waals surface area contributed by atoms with Gasteiger partial charge in [0.2, 0.25) is 0 Å². The van der Waals surface area contributed by atoms with Gasteiger partial charge in [0.05, 0.1) is 22.0 Å². The Balaban J connectivity index is 1.89. The Hall–Kier alpha value is -3.56. The van der Waals surface area contributed by atoms with Crippen LogP contribution in [0.25, 0.3) is 0 Å². The third kappa shape index (κ3) is 4.00. The summed E-state index contributed by atoms with van der Waals surface area (Å²) in [5, 5.41) is 30.2. The van der Waals surface area contributed by atoms with Crippen LogP contribution >= 0.6 is 0 Å². The largest absolute Gasteiger partial charge is 0.486 e. The predicted octanol–water partition coefficient (Wildman–Crippen LogP) is 4.51. The summed E-state index contributed by atoms with van der Waals surface area (Å²) in [6.07, 6.45) is 0.601. The Labute approximate surface area is 153 Å². The Morgan fingerprint density at radius 1 is 1.04 bits per heavy atom. The molecule has 0 fully saturated rings. The third-order valence-corrected chi connectivity index (χ3v) is 4.01. The van der Waals surface area contributed by atoms with E-state index in [9.17, 15) is 20.2 Å². The summed E-state index contributed by atoms with van der Waals surface area (Å²) in [4.78, 5) is 20.6. The minimum absolute atomic E-state index is 0.0402. The maximum atomic E-state index is 11.2. The van der Waals surface area contributed by atoms with E-state index in [2.05, 4.69) is 10.2 Å².